The summed E-state index contributed by atoms with van der Waals surface area (Å²) < 4.78 is 0. The molecule has 4 nitrogen and oxygen atoms in total. The number of aliphatic hydroxyl groups is 1. The van der Waals surface area contributed by atoms with Crippen LogP contribution in [0, 0.1) is 0 Å². The molecule has 0 aromatic heterocycles. The van der Waals surface area contributed by atoms with Gasteiger partial charge in [-0.3, -0.25) is 4.90 Å². The second kappa shape index (κ2) is 5.44. The van der Waals surface area contributed by atoms with Crippen molar-refractivity contribution in [3.05, 3.63) is 0 Å². The lowest BCUT2D eigenvalue weighted by Crippen LogP contribution is -2.51. The average Bonchev–Trinajstić information content (AvgIpc) is 2.08. The minimum atomic E-state index is -0.360. The summed E-state index contributed by atoms with van der Waals surface area (Å²) in [5.74, 6) is 0.230. The standard InChI is InChI=1S/C10H20N2O2/c1-9(13)4-3-5-12-7-6-11(2)8-10(12)14/h10,14H,3-8H2,1-2H3. The molecule has 1 saturated heterocycles. The number of aliphatic hydroxyl groups excluding tert-OH is 1. The number of nitrogens with zero attached hydrogens (tertiary/aromatic N) is 2. The van der Waals surface area contributed by atoms with Crippen molar-refractivity contribution in [2.75, 3.05) is 33.2 Å². The molecule has 0 bridgehead atoms. The maximum absolute atomic E-state index is 10.7. The quantitative estimate of drug-likeness (QED) is 0.689. The molecule has 1 atom stereocenters. The molecule has 1 aliphatic heterocycles. The van der Waals surface area contributed by atoms with E-state index in [1.807, 2.05) is 11.9 Å². The first-order valence-corrected chi connectivity index (χ1v) is 5.19. The van der Waals surface area contributed by atoms with Gasteiger partial charge in [0.15, 0.2) is 0 Å². The number of rotatable bonds is 4. The molecule has 1 rings (SSSR count). The number of likely N-dealkylation sites (N-methyl/N-ethyl adjacent to an activating group) is 1. The predicted octanol–water partition coefficient (Wildman–Crippen LogP) is -0.0786. The Kier molecular flexibility index (Phi) is 4.51. The smallest absolute Gasteiger partial charge is 0.129 e. The van der Waals surface area contributed by atoms with Gasteiger partial charge >= 0.3 is 0 Å². The topological polar surface area (TPSA) is 43.8 Å². The van der Waals surface area contributed by atoms with Gasteiger partial charge in [-0.05, 0) is 20.4 Å². The van der Waals surface area contributed by atoms with Crippen LogP contribution in [0.25, 0.3) is 0 Å². The Morgan fingerprint density at radius 2 is 2.21 bits per heavy atom. The van der Waals surface area contributed by atoms with Crippen LogP contribution < -0.4 is 0 Å². The largest absolute Gasteiger partial charge is 0.377 e. The molecule has 0 aliphatic carbocycles. The van der Waals surface area contributed by atoms with E-state index in [9.17, 15) is 9.90 Å². The minimum absolute atomic E-state index is 0.230. The number of carbonyl (C=O) groups is 1. The van der Waals surface area contributed by atoms with Crippen molar-refractivity contribution in [3.8, 4) is 0 Å². The van der Waals surface area contributed by atoms with Crippen molar-refractivity contribution in [3.63, 3.8) is 0 Å². The molecule has 82 valence electrons. The third-order valence-electron chi connectivity index (χ3n) is 2.64. The van der Waals surface area contributed by atoms with Crippen molar-refractivity contribution in [2.24, 2.45) is 0 Å². The van der Waals surface area contributed by atoms with Gasteiger partial charge in [-0.25, -0.2) is 0 Å². The molecule has 4 heteroatoms. The van der Waals surface area contributed by atoms with Gasteiger partial charge in [0.2, 0.25) is 0 Å². The summed E-state index contributed by atoms with van der Waals surface area (Å²) >= 11 is 0. The summed E-state index contributed by atoms with van der Waals surface area (Å²) in [5.41, 5.74) is 0. The highest BCUT2D eigenvalue weighted by Crippen LogP contribution is 2.07. The first-order chi connectivity index (χ1) is 6.59. The van der Waals surface area contributed by atoms with Gasteiger partial charge in [-0.15, -0.1) is 0 Å². The molecule has 1 fully saturated rings. The molecule has 14 heavy (non-hydrogen) atoms. The van der Waals surface area contributed by atoms with Crippen molar-refractivity contribution >= 4 is 5.78 Å². The Morgan fingerprint density at radius 1 is 1.50 bits per heavy atom. The Hall–Kier alpha value is -0.450. The highest BCUT2D eigenvalue weighted by molar-refractivity contribution is 5.75. The molecule has 1 heterocycles. The third-order valence-corrected chi connectivity index (χ3v) is 2.64. The Bertz CT molecular complexity index is 197. The number of carbonyl (C=O) groups excluding carboxylic acids is 1. The summed E-state index contributed by atoms with van der Waals surface area (Å²) in [7, 11) is 2.01. The zero-order valence-corrected chi connectivity index (χ0v) is 9.07. The van der Waals surface area contributed by atoms with Crippen molar-refractivity contribution in [1.82, 2.24) is 9.80 Å². The number of piperazine rings is 1. The van der Waals surface area contributed by atoms with Crippen molar-refractivity contribution < 1.29 is 9.90 Å². The van der Waals surface area contributed by atoms with E-state index >= 15 is 0 Å². The van der Waals surface area contributed by atoms with Gasteiger partial charge in [0.25, 0.3) is 0 Å². The SMILES string of the molecule is CC(=O)CCCN1CCN(C)CC1O. The predicted molar refractivity (Wildman–Crippen MR) is 55.0 cm³/mol. The highest BCUT2D eigenvalue weighted by Gasteiger charge is 2.22. The number of β-amino-alcohol motifs (C(OH)–C–C–N with tert-alkyl or cyclic N) is 1. The van der Waals surface area contributed by atoms with E-state index in [2.05, 4.69) is 4.90 Å². The van der Waals surface area contributed by atoms with Crippen LogP contribution in [0.4, 0.5) is 0 Å². The lowest BCUT2D eigenvalue weighted by Gasteiger charge is -2.36. The van der Waals surface area contributed by atoms with Gasteiger partial charge < -0.3 is 14.8 Å². The first-order valence-electron chi connectivity index (χ1n) is 5.19. The van der Waals surface area contributed by atoms with E-state index < -0.39 is 0 Å². The Balaban J connectivity index is 2.20. The van der Waals surface area contributed by atoms with Crippen LogP contribution in [-0.2, 0) is 4.79 Å². The normalized spacial score (nSPS) is 25.2. The van der Waals surface area contributed by atoms with Gasteiger partial charge in [0, 0.05) is 32.6 Å². The van der Waals surface area contributed by atoms with Crippen LogP contribution in [0.1, 0.15) is 19.8 Å². The van der Waals surface area contributed by atoms with E-state index in [4.69, 9.17) is 0 Å². The second-order valence-corrected chi connectivity index (χ2v) is 4.08. The number of Topliss-reactive ketones (excluding diaryl/α,β-unsaturated/α-hetero) is 1. The summed E-state index contributed by atoms with van der Waals surface area (Å²) in [6, 6.07) is 0. The summed E-state index contributed by atoms with van der Waals surface area (Å²) in [5, 5.41) is 9.70. The van der Waals surface area contributed by atoms with Crippen LogP contribution in [0.2, 0.25) is 0 Å². The van der Waals surface area contributed by atoms with Crippen LogP contribution in [0.5, 0.6) is 0 Å². The van der Waals surface area contributed by atoms with Crippen LogP contribution >= 0.6 is 0 Å². The fourth-order valence-electron chi connectivity index (χ4n) is 1.73. The van der Waals surface area contributed by atoms with E-state index in [1.165, 1.54) is 0 Å². The van der Waals surface area contributed by atoms with E-state index in [0.717, 1.165) is 26.1 Å². The molecule has 0 saturated carbocycles. The highest BCUT2D eigenvalue weighted by atomic mass is 16.3. The van der Waals surface area contributed by atoms with Gasteiger partial charge in [-0.1, -0.05) is 0 Å². The van der Waals surface area contributed by atoms with E-state index in [-0.39, 0.29) is 12.0 Å². The molecule has 0 aromatic rings. The maximum atomic E-state index is 10.7. The van der Waals surface area contributed by atoms with E-state index in [0.29, 0.717) is 13.0 Å². The molecule has 0 amide bonds. The lowest BCUT2D eigenvalue weighted by molar-refractivity contribution is -0.117. The number of ketones is 1. The second-order valence-electron chi connectivity index (χ2n) is 4.08. The van der Waals surface area contributed by atoms with Crippen LogP contribution in [-0.4, -0.2) is 60.1 Å². The molecule has 1 N–H and O–H groups in total. The molecule has 1 aliphatic rings. The average molecular weight is 200 g/mol. The van der Waals surface area contributed by atoms with Crippen LogP contribution in [0.15, 0.2) is 0 Å². The molecule has 0 radical (unpaired) electrons. The van der Waals surface area contributed by atoms with Gasteiger partial charge in [-0.2, -0.15) is 0 Å². The van der Waals surface area contributed by atoms with E-state index in [1.54, 1.807) is 6.92 Å². The monoisotopic (exact) mass is 200 g/mol. The zero-order chi connectivity index (χ0) is 10.6. The molecular formula is C10H20N2O2. The lowest BCUT2D eigenvalue weighted by atomic mass is 10.2. The van der Waals surface area contributed by atoms with Gasteiger partial charge in [0.05, 0.1) is 0 Å². The fourth-order valence-corrected chi connectivity index (χ4v) is 1.73. The summed E-state index contributed by atoms with van der Waals surface area (Å²) in [4.78, 5) is 14.9. The Morgan fingerprint density at radius 3 is 2.79 bits per heavy atom. The number of hydrogen-bond donors (Lipinski definition) is 1. The van der Waals surface area contributed by atoms with Crippen LogP contribution in [0.3, 0.4) is 0 Å². The third kappa shape index (κ3) is 3.74. The molecule has 0 spiro atoms. The first kappa shape index (κ1) is 11.6. The Labute approximate surface area is 85.5 Å². The fraction of sp³-hybridized carbons (Fsp3) is 0.900. The number of hydrogen-bond acceptors (Lipinski definition) is 4. The zero-order valence-electron chi connectivity index (χ0n) is 9.07. The van der Waals surface area contributed by atoms with Crippen molar-refractivity contribution in [2.45, 2.75) is 26.0 Å². The van der Waals surface area contributed by atoms with Gasteiger partial charge in [0.1, 0.15) is 12.0 Å². The summed E-state index contributed by atoms with van der Waals surface area (Å²) in [6.45, 7) is 5.04. The summed E-state index contributed by atoms with van der Waals surface area (Å²) in [6.07, 6.45) is 1.12. The minimum Gasteiger partial charge on any atom is -0.377 e. The molecule has 0 aromatic carbocycles. The maximum Gasteiger partial charge on any atom is 0.129 e. The molecular weight excluding hydrogens is 180 g/mol. The van der Waals surface area contributed by atoms with Crippen molar-refractivity contribution in [1.29, 1.82) is 0 Å². The molecule has 1 unspecified atom stereocenters.